The van der Waals surface area contributed by atoms with Gasteiger partial charge in [-0.25, -0.2) is 8.42 Å². The molecule has 0 bridgehead atoms. The van der Waals surface area contributed by atoms with Crippen LogP contribution in [0.1, 0.15) is 12.0 Å². The van der Waals surface area contributed by atoms with Gasteiger partial charge in [0.1, 0.15) is 0 Å². The van der Waals surface area contributed by atoms with E-state index in [-0.39, 0.29) is 5.91 Å². The summed E-state index contributed by atoms with van der Waals surface area (Å²) < 4.78 is 23.9. The van der Waals surface area contributed by atoms with Gasteiger partial charge in [-0.15, -0.1) is 0 Å². The monoisotopic (exact) mass is 379 g/mol. The third-order valence-electron chi connectivity index (χ3n) is 4.25. The molecule has 1 amide bonds. The maximum atomic E-state index is 12.1. The molecule has 0 unspecified atom stereocenters. The lowest BCUT2D eigenvalue weighted by Gasteiger charge is -2.10. The Kier molecular flexibility index (Phi) is 5.72. The Morgan fingerprint density at radius 3 is 2.15 bits per heavy atom. The highest BCUT2D eigenvalue weighted by atomic mass is 32.2. The number of carbonyl (C=O) groups is 1. The predicted octanol–water partition coefficient (Wildman–Crippen LogP) is 4.33. The lowest BCUT2D eigenvalue weighted by atomic mass is 10.1. The molecule has 0 aliphatic carbocycles. The number of carbonyl (C=O) groups excluding carboxylic acids is 1. The summed E-state index contributed by atoms with van der Waals surface area (Å²) in [6.45, 7) is 0. The summed E-state index contributed by atoms with van der Waals surface area (Å²) in [7, 11) is -3.31. The Labute approximate surface area is 159 Å². The zero-order valence-electron chi connectivity index (χ0n) is 15.1. The van der Waals surface area contributed by atoms with Gasteiger partial charge in [-0.3, -0.25) is 4.79 Å². The first-order chi connectivity index (χ1) is 12.9. The zero-order chi connectivity index (χ0) is 19.3. The third kappa shape index (κ3) is 5.05. The lowest BCUT2D eigenvalue weighted by Crippen LogP contribution is -2.12. The minimum absolute atomic E-state index is 0.0526. The molecular formula is C22H21NO3S. The minimum Gasteiger partial charge on any atom is -0.326 e. The van der Waals surface area contributed by atoms with Gasteiger partial charge in [0.05, 0.1) is 4.90 Å². The summed E-state index contributed by atoms with van der Waals surface area (Å²) >= 11 is 0. The minimum atomic E-state index is -3.31. The summed E-state index contributed by atoms with van der Waals surface area (Å²) in [5.74, 6) is -0.0526. The Morgan fingerprint density at radius 2 is 1.48 bits per heavy atom. The molecule has 138 valence electrons. The number of hydrogen-bond donors (Lipinski definition) is 1. The molecule has 0 radical (unpaired) electrons. The third-order valence-corrected chi connectivity index (χ3v) is 5.40. The summed E-state index contributed by atoms with van der Waals surface area (Å²) in [4.78, 5) is 12.4. The molecule has 0 saturated carbocycles. The van der Waals surface area contributed by atoms with E-state index in [1.54, 1.807) is 30.3 Å². The molecule has 0 spiro atoms. The molecule has 4 nitrogen and oxygen atoms in total. The first-order valence-electron chi connectivity index (χ1n) is 8.67. The van der Waals surface area contributed by atoms with E-state index in [4.69, 9.17) is 0 Å². The number of nitrogens with one attached hydrogen (secondary N) is 1. The van der Waals surface area contributed by atoms with Crippen LogP contribution >= 0.6 is 0 Å². The molecule has 3 aromatic rings. The molecule has 0 heterocycles. The molecule has 3 rings (SSSR count). The molecule has 5 heteroatoms. The SMILES string of the molecule is CS(=O)(=O)c1ccccc1-c1ccc(NC(=O)CCc2ccccc2)cc1. The van der Waals surface area contributed by atoms with Crippen LogP contribution in [0, 0.1) is 0 Å². The Balaban J connectivity index is 1.68. The van der Waals surface area contributed by atoms with Crippen molar-refractivity contribution >= 4 is 21.4 Å². The molecule has 0 fully saturated rings. The fraction of sp³-hybridized carbons (Fsp3) is 0.136. The van der Waals surface area contributed by atoms with Crippen LogP contribution in [0.25, 0.3) is 11.1 Å². The van der Waals surface area contributed by atoms with Gasteiger partial charge < -0.3 is 5.32 Å². The van der Waals surface area contributed by atoms with Crippen LogP contribution < -0.4 is 5.32 Å². The van der Waals surface area contributed by atoms with E-state index in [9.17, 15) is 13.2 Å². The summed E-state index contributed by atoms with van der Waals surface area (Å²) in [5.41, 5.74) is 3.26. The first-order valence-corrected chi connectivity index (χ1v) is 10.6. The average molecular weight is 379 g/mol. The number of rotatable bonds is 6. The molecule has 0 atom stereocenters. The van der Waals surface area contributed by atoms with E-state index < -0.39 is 9.84 Å². The molecule has 3 aromatic carbocycles. The second-order valence-corrected chi connectivity index (χ2v) is 8.36. The molecule has 0 aromatic heterocycles. The van der Waals surface area contributed by atoms with E-state index in [0.717, 1.165) is 11.1 Å². The second-order valence-electron chi connectivity index (χ2n) is 6.38. The highest BCUT2D eigenvalue weighted by Gasteiger charge is 2.13. The van der Waals surface area contributed by atoms with E-state index in [1.165, 1.54) is 6.26 Å². The fourth-order valence-electron chi connectivity index (χ4n) is 2.89. The molecular weight excluding hydrogens is 358 g/mol. The maximum Gasteiger partial charge on any atom is 0.224 e. The van der Waals surface area contributed by atoms with Crippen molar-refractivity contribution in [1.29, 1.82) is 0 Å². The highest BCUT2D eigenvalue weighted by molar-refractivity contribution is 7.90. The number of hydrogen-bond acceptors (Lipinski definition) is 3. The second kappa shape index (κ2) is 8.18. The smallest absolute Gasteiger partial charge is 0.224 e. The highest BCUT2D eigenvalue weighted by Crippen LogP contribution is 2.28. The Morgan fingerprint density at radius 1 is 0.852 bits per heavy atom. The lowest BCUT2D eigenvalue weighted by molar-refractivity contribution is -0.116. The first kappa shape index (κ1) is 18.9. The van der Waals surface area contributed by atoms with Crippen LogP contribution in [0.3, 0.4) is 0 Å². The van der Waals surface area contributed by atoms with Crippen molar-refractivity contribution in [1.82, 2.24) is 0 Å². The van der Waals surface area contributed by atoms with Crippen molar-refractivity contribution < 1.29 is 13.2 Å². The van der Waals surface area contributed by atoms with Crippen LogP contribution in [-0.2, 0) is 21.1 Å². The van der Waals surface area contributed by atoms with Gasteiger partial charge in [0.15, 0.2) is 9.84 Å². The number of anilines is 1. The van der Waals surface area contributed by atoms with E-state index in [1.807, 2.05) is 48.5 Å². The molecule has 0 aliphatic heterocycles. The normalized spacial score (nSPS) is 11.1. The number of amides is 1. The van der Waals surface area contributed by atoms with Crippen LogP contribution in [0.15, 0.2) is 83.8 Å². The van der Waals surface area contributed by atoms with Crippen LogP contribution in [-0.4, -0.2) is 20.6 Å². The van der Waals surface area contributed by atoms with Crippen molar-refractivity contribution in [2.75, 3.05) is 11.6 Å². The van der Waals surface area contributed by atoms with Crippen molar-refractivity contribution in [3.05, 3.63) is 84.4 Å². The van der Waals surface area contributed by atoms with Crippen LogP contribution in [0.5, 0.6) is 0 Å². The van der Waals surface area contributed by atoms with Gasteiger partial charge in [-0.2, -0.15) is 0 Å². The Bertz CT molecular complexity index is 1030. The Hall–Kier alpha value is -2.92. The van der Waals surface area contributed by atoms with E-state index in [0.29, 0.717) is 29.0 Å². The van der Waals surface area contributed by atoms with Crippen LogP contribution in [0.4, 0.5) is 5.69 Å². The topological polar surface area (TPSA) is 63.2 Å². The quantitative estimate of drug-likeness (QED) is 0.693. The largest absolute Gasteiger partial charge is 0.326 e. The van der Waals surface area contributed by atoms with E-state index >= 15 is 0 Å². The summed E-state index contributed by atoms with van der Waals surface area (Å²) in [6, 6.07) is 24.0. The molecule has 0 saturated heterocycles. The van der Waals surface area contributed by atoms with Gasteiger partial charge in [-0.05, 0) is 35.7 Å². The number of aryl methyl sites for hydroxylation is 1. The predicted molar refractivity (Wildman–Crippen MR) is 108 cm³/mol. The molecule has 0 aliphatic rings. The summed E-state index contributed by atoms with van der Waals surface area (Å²) in [5, 5.41) is 2.88. The maximum absolute atomic E-state index is 12.1. The summed E-state index contributed by atoms with van der Waals surface area (Å²) in [6.07, 6.45) is 2.29. The molecule has 27 heavy (non-hydrogen) atoms. The molecule has 1 N–H and O–H groups in total. The van der Waals surface area contributed by atoms with Crippen molar-refractivity contribution in [2.24, 2.45) is 0 Å². The van der Waals surface area contributed by atoms with Crippen LogP contribution in [0.2, 0.25) is 0 Å². The van der Waals surface area contributed by atoms with Crippen molar-refractivity contribution in [3.8, 4) is 11.1 Å². The van der Waals surface area contributed by atoms with Crippen molar-refractivity contribution in [2.45, 2.75) is 17.7 Å². The zero-order valence-corrected chi connectivity index (χ0v) is 15.9. The van der Waals surface area contributed by atoms with Gasteiger partial charge in [-0.1, -0.05) is 60.7 Å². The fourth-order valence-corrected chi connectivity index (χ4v) is 3.80. The van der Waals surface area contributed by atoms with E-state index in [2.05, 4.69) is 5.32 Å². The average Bonchev–Trinajstić information content (AvgIpc) is 2.67. The van der Waals surface area contributed by atoms with Gasteiger partial charge >= 0.3 is 0 Å². The van der Waals surface area contributed by atoms with Crippen molar-refractivity contribution in [3.63, 3.8) is 0 Å². The van der Waals surface area contributed by atoms with Gasteiger partial charge in [0.25, 0.3) is 0 Å². The van der Waals surface area contributed by atoms with Gasteiger partial charge in [0.2, 0.25) is 5.91 Å². The van der Waals surface area contributed by atoms with Gasteiger partial charge in [0, 0.05) is 23.9 Å². The number of sulfone groups is 1. The standard InChI is InChI=1S/C22H21NO3S/c1-27(25,26)21-10-6-5-9-20(21)18-12-14-19(15-13-18)23-22(24)16-11-17-7-3-2-4-8-17/h2-10,12-15H,11,16H2,1H3,(H,23,24). The number of benzene rings is 3.